The fraction of sp³-hybridized carbons (Fsp3) is 0.182. The second kappa shape index (κ2) is 3.85. The standard InChI is InChI=1S/C11H10ClN3O2/c12-8-2-1-6(7-5-14-15-11(7)13)9-10(8)17-4-3-16-9/h1-2,5H,3-4H2,(H3,13,14,15). The summed E-state index contributed by atoms with van der Waals surface area (Å²) in [5.41, 5.74) is 7.41. The average Bonchev–Trinajstić information content (AvgIpc) is 2.77. The van der Waals surface area contributed by atoms with Crippen molar-refractivity contribution >= 4 is 17.4 Å². The molecule has 88 valence electrons. The molecule has 0 saturated heterocycles. The van der Waals surface area contributed by atoms with Crippen LogP contribution in [0.2, 0.25) is 5.02 Å². The number of halogens is 1. The fourth-order valence-corrected chi connectivity index (χ4v) is 2.03. The maximum Gasteiger partial charge on any atom is 0.180 e. The topological polar surface area (TPSA) is 73.2 Å². The monoisotopic (exact) mass is 251 g/mol. The molecule has 0 fully saturated rings. The number of anilines is 1. The first-order valence-corrected chi connectivity index (χ1v) is 5.52. The van der Waals surface area contributed by atoms with Gasteiger partial charge in [-0.2, -0.15) is 5.10 Å². The zero-order chi connectivity index (χ0) is 11.8. The molecule has 17 heavy (non-hydrogen) atoms. The number of H-pyrrole nitrogens is 1. The van der Waals surface area contributed by atoms with Crippen LogP contribution in [0.15, 0.2) is 18.3 Å². The minimum atomic E-state index is 0.490. The zero-order valence-corrected chi connectivity index (χ0v) is 9.62. The van der Waals surface area contributed by atoms with Crippen LogP contribution in [-0.2, 0) is 0 Å². The van der Waals surface area contributed by atoms with Crippen LogP contribution in [0.1, 0.15) is 0 Å². The quantitative estimate of drug-likeness (QED) is 0.814. The van der Waals surface area contributed by atoms with Gasteiger partial charge in [0.05, 0.1) is 11.2 Å². The number of ether oxygens (including phenoxy) is 2. The van der Waals surface area contributed by atoms with E-state index in [-0.39, 0.29) is 0 Å². The molecule has 0 bridgehead atoms. The number of aromatic nitrogens is 2. The van der Waals surface area contributed by atoms with Crippen molar-refractivity contribution in [2.24, 2.45) is 0 Å². The number of benzene rings is 1. The molecule has 1 aromatic heterocycles. The van der Waals surface area contributed by atoms with Crippen molar-refractivity contribution in [3.05, 3.63) is 23.4 Å². The number of fused-ring (bicyclic) bond motifs is 1. The van der Waals surface area contributed by atoms with Gasteiger partial charge >= 0.3 is 0 Å². The van der Waals surface area contributed by atoms with Crippen LogP contribution < -0.4 is 15.2 Å². The number of hydrogen-bond donors (Lipinski definition) is 2. The Hall–Kier alpha value is -1.88. The largest absolute Gasteiger partial charge is 0.485 e. The Balaban J connectivity index is 2.21. The van der Waals surface area contributed by atoms with E-state index in [1.807, 2.05) is 6.07 Å². The van der Waals surface area contributed by atoms with Crippen molar-refractivity contribution in [3.8, 4) is 22.6 Å². The van der Waals surface area contributed by atoms with Crippen LogP contribution in [0, 0.1) is 0 Å². The normalized spacial score (nSPS) is 13.7. The summed E-state index contributed by atoms with van der Waals surface area (Å²) in [6.07, 6.45) is 1.65. The number of rotatable bonds is 1. The van der Waals surface area contributed by atoms with Crippen molar-refractivity contribution in [3.63, 3.8) is 0 Å². The minimum Gasteiger partial charge on any atom is -0.485 e. The lowest BCUT2D eigenvalue weighted by molar-refractivity contribution is 0.172. The van der Waals surface area contributed by atoms with Crippen molar-refractivity contribution in [2.45, 2.75) is 0 Å². The van der Waals surface area contributed by atoms with Crippen LogP contribution in [0.25, 0.3) is 11.1 Å². The number of nitrogens with zero attached hydrogens (tertiary/aromatic N) is 1. The zero-order valence-electron chi connectivity index (χ0n) is 8.87. The number of aromatic amines is 1. The molecule has 3 rings (SSSR count). The van der Waals surface area contributed by atoms with Crippen molar-refractivity contribution in [2.75, 3.05) is 18.9 Å². The van der Waals surface area contributed by atoms with E-state index in [0.717, 1.165) is 11.1 Å². The molecule has 1 aromatic carbocycles. The molecule has 6 heteroatoms. The van der Waals surface area contributed by atoms with E-state index in [9.17, 15) is 0 Å². The summed E-state index contributed by atoms with van der Waals surface area (Å²) in [7, 11) is 0. The Morgan fingerprint density at radius 1 is 1.18 bits per heavy atom. The Morgan fingerprint density at radius 3 is 2.65 bits per heavy atom. The molecule has 0 saturated carbocycles. The van der Waals surface area contributed by atoms with Crippen molar-refractivity contribution < 1.29 is 9.47 Å². The minimum absolute atomic E-state index is 0.490. The third-order valence-corrected chi connectivity index (χ3v) is 2.90. The molecule has 0 aliphatic carbocycles. The van der Waals surface area contributed by atoms with Crippen molar-refractivity contribution in [1.29, 1.82) is 0 Å². The lowest BCUT2D eigenvalue weighted by Gasteiger charge is -2.21. The molecule has 1 aliphatic heterocycles. The van der Waals surface area contributed by atoms with E-state index < -0.39 is 0 Å². The van der Waals surface area contributed by atoms with E-state index in [0.29, 0.717) is 35.6 Å². The SMILES string of the molecule is Nc1[nH]ncc1-c1ccc(Cl)c2c1OCCO2. The van der Waals surface area contributed by atoms with E-state index >= 15 is 0 Å². The predicted molar refractivity (Wildman–Crippen MR) is 64.4 cm³/mol. The van der Waals surface area contributed by atoms with Gasteiger partial charge in [0.25, 0.3) is 0 Å². The van der Waals surface area contributed by atoms with Crippen LogP contribution in [0.5, 0.6) is 11.5 Å². The Bertz CT molecular complexity index is 568. The van der Waals surface area contributed by atoms with Gasteiger partial charge in [-0.1, -0.05) is 11.6 Å². The second-order valence-electron chi connectivity index (χ2n) is 3.65. The molecule has 0 radical (unpaired) electrons. The smallest absolute Gasteiger partial charge is 0.180 e. The number of nitrogen functional groups attached to an aromatic ring is 1. The van der Waals surface area contributed by atoms with Gasteiger partial charge in [-0.05, 0) is 12.1 Å². The first-order valence-electron chi connectivity index (χ1n) is 5.14. The maximum absolute atomic E-state index is 6.06. The van der Waals surface area contributed by atoms with Crippen LogP contribution >= 0.6 is 11.6 Å². The molecular weight excluding hydrogens is 242 g/mol. The average molecular weight is 252 g/mol. The van der Waals surface area contributed by atoms with Crippen molar-refractivity contribution in [1.82, 2.24) is 10.2 Å². The molecule has 3 N–H and O–H groups in total. The third-order valence-electron chi connectivity index (χ3n) is 2.60. The Kier molecular flexibility index (Phi) is 2.33. The lowest BCUT2D eigenvalue weighted by atomic mass is 10.1. The summed E-state index contributed by atoms with van der Waals surface area (Å²) >= 11 is 6.06. The lowest BCUT2D eigenvalue weighted by Crippen LogP contribution is -2.16. The molecule has 0 atom stereocenters. The highest BCUT2D eigenvalue weighted by Gasteiger charge is 2.21. The van der Waals surface area contributed by atoms with E-state index in [2.05, 4.69) is 10.2 Å². The molecular formula is C11H10ClN3O2. The van der Waals surface area contributed by atoms with Crippen LogP contribution in [0.3, 0.4) is 0 Å². The first-order chi connectivity index (χ1) is 8.27. The second-order valence-corrected chi connectivity index (χ2v) is 4.05. The summed E-state index contributed by atoms with van der Waals surface area (Å²) in [6, 6.07) is 3.61. The maximum atomic E-state index is 6.06. The number of hydrogen-bond acceptors (Lipinski definition) is 4. The van der Waals surface area contributed by atoms with Gasteiger partial charge in [0.2, 0.25) is 0 Å². The summed E-state index contributed by atoms with van der Waals surface area (Å²) < 4.78 is 11.1. The number of nitrogens with two attached hydrogens (primary N) is 1. The summed E-state index contributed by atoms with van der Waals surface area (Å²) in [4.78, 5) is 0. The molecule has 1 aliphatic rings. The van der Waals surface area contributed by atoms with Gasteiger partial charge < -0.3 is 15.2 Å². The molecule has 0 amide bonds. The first kappa shape index (κ1) is 10.3. The van der Waals surface area contributed by atoms with Gasteiger partial charge in [0.15, 0.2) is 11.5 Å². The van der Waals surface area contributed by atoms with E-state index in [4.69, 9.17) is 26.8 Å². The highest BCUT2D eigenvalue weighted by atomic mass is 35.5. The van der Waals surface area contributed by atoms with E-state index in [1.165, 1.54) is 0 Å². The van der Waals surface area contributed by atoms with Gasteiger partial charge in [-0.15, -0.1) is 0 Å². The fourth-order valence-electron chi connectivity index (χ4n) is 1.83. The van der Waals surface area contributed by atoms with Crippen LogP contribution in [-0.4, -0.2) is 23.4 Å². The third kappa shape index (κ3) is 1.59. The van der Waals surface area contributed by atoms with Gasteiger partial charge in [0.1, 0.15) is 19.0 Å². The highest BCUT2D eigenvalue weighted by Crippen LogP contribution is 2.45. The van der Waals surface area contributed by atoms with Gasteiger partial charge in [-0.3, -0.25) is 5.10 Å². The van der Waals surface area contributed by atoms with Gasteiger partial charge in [0, 0.05) is 11.1 Å². The summed E-state index contributed by atoms with van der Waals surface area (Å²) in [5, 5.41) is 7.11. The Morgan fingerprint density at radius 2 is 1.94 bits per heavy atom. The molecule has 0 spiro atoms. The summed E-state index contributed by atoms with van der Waals surface area (Å²) in [5.74, 6) is 1.68. The molecule has 0 unspecified atom stereocenters. The molecule has 2 heterocycles. The van der Waals surface area contributed by atoms with E-state index in [1.54, 1.807) is 12.3 Å². The highest BCUT2D eigenvalue weighted by molar-refractivity contribution is 6.32. The Labute approximate surface area is 102 Å². The molecule has 2 aromatic rings. The van der Waals surface area contributed by atoms with Crippen LogP contribution in [0.4, 0.5) is 5.82 Å². The number of nitrogens with one attached hydrogen (secondary N) is 1. The predicted octanol–water partition coefficient (Wildman–Crippen LogP) is 2.08. The van der Waals surface area contributed by atoms with Gasteiger partial charge in [-0.25, -0.2) is 0 Å². The summed E-state index contributed by atoms with van der Waals surface area (Å²) in [6.45, 7) is 0.995. The molecule has 5 nitrogen and oxygen atoms in total.